The maximum Gasteiger partial charge on any atom is 0.274 e. The second kappa shape index (κ2) is 9.81. The van der Waals surface area contributed by atoms with Gasteiger partial charge in [0.1, 0.15) is 0 Å². The van der Waals surface area contributed by atoms with E-state index in [0.717, 1.165) is 27.7 Å². The highest BCUT2D eigenvalue weighted by molar-refractivity contribution is 6.21. The van der Waals surface area contributed by atoms with Crippen molar-refractivity contribution in [3.05, 3.63) is 113 Å². The fraction of sp³-hybridized carbons (Fsp3) is 0.0714. The minimum absolute atomic E-state index is 0.0965. The Bertz CT molecular complexity index is 1480. The van der Waals surface area contributed by atoms with Crippen LogP contribution in [0.4, 0.5) is 5.69 Å². The van der Waals surface area contributed by atoms with Gasteiger partial charge in [0.25, 0.3) is 17.7 Å². The number of carbonyl (C=O) groups excluding carboxylic acids is 3. The molecule has 3 N–H and O–H groups in total. The van der Waals surface area contributed by atoms with E-state index in [0.29, 0.717) is 23.2 Å². The molecule has 8 nitrogen and oxygen atoms in total. The number of amides is 3. The number of aromatic nitrogens is 1. The largest absolute Gasteiger partial charge is 0.380 e. The zero-order valence-corrected chi connectivity index (χ0v) is 19.1. The standard InChI is InChI=1S/C28H22N4O4/c33-26(31-36)20-11-9-18(10-12-20)13-19(15-29-22-14-21-5-1-4-8-25(21)30-16-22)17-32-27(34)23-6-2-3-7-24(23)28(32)35/h1-14,16,29,36H,15,17H2,(H,31,33)/b19-13+. The molecule has 0 aliphatic carbocycles. The SMILES string of the molecule is O=C(NO)c1ccc(/C=C(\CNc2cnc3ccccc3c2)CN2C(=O)c3ccccc3C2=O)cc1. The number of nitrogens with zero attached hydrogens (tertiary/aromatic N) is 2. The quantitative estimate of drug-likeness (QED) is 0.209. The number of fused-ring (bicyclic) bond motifs is 2. The molecule has 0 unspecified atom stereocenters. The van der Waals surface area contributed by atoms with E-state index in [4.69, 9.17) is 5.21 Å². The molecule has 0 saturated carbocycles. The Morgan fingerprint density at radius 1 is 0.917 bits per heavy atom. The van der Waals surface area contributed by atoms with Gasteiger partial charge in [-0.25, -0.2) is 5.48 Å². The molecule has 0 atom stereocenters. The highest BCUT2D eigenvalue weighted by atomic mass is 16.5. The van der Waals surface area contributed by atoms with Crippen LogP contribution in [0.25, 0.3) is 17.0 Å². The average Bonchev–Trinajstić information content (AvgIpc) is 3.16. The predicted octanol–water partition coefficient (Wildman–Crippen LogP) is 4.15. The van der Waals surface area contributed by atoms with Crippen molar-refractivity contribution in [2.75, 3.05) is 18.4 Å². The first-order valence-electron chi connectivity index (χ1n) is 11.3. The predicted molar refractivity (Wildman–Crippen MR) is 136 cm³/mol. The van der Waals surface area contributed by atoms with Gasteiger partial charge in [-0.05, 0) is 47.5 Å². The third kappa shape index (κ3) is 4.57. The van der Waals surface area contributed by atoms with Crippen LogP contribution in [-0.4, -0.2) is 45.9 Å². The van der Waals surface area contributed by atoms with Crippen molar-refractivity contribution in [3.63, 3.8) is 0 Å². The van der Waals surface area contributed by atoms with E-state index in [1.807, 2.05) is 36.4 Å². The van der Waals surface area contributed by atoms with E-state index >= 15 is 0 Å². The summed E-state index contributed by atoms with van der Waals surface area (Å²) in [6.45, 7) is 0.450. The zero-order chi connectivity index (χ0) is 25.1. The average molecular weight is 479 g/mol. The van der Waals surface area contributed by atoms with E-state index in [1.54, 1.807) is 60.2 Å². The molecule has 0 saturated heterocycles. The van der Waals surface area contributed by atoms with Crippen molar-refractivity contribution >= 4 is 40.4 Å². The Labute approximate surface area is 206 Å². The van der Waals surface area contributed by atoms with Crippen LogP contribution >= 0.6 is 0 Å². The Morgan fingerprint density at radius 2 is 1.58 bits per heavy atom. The van der Waals surface area contributed by atoms with Crippen LogP contribution in [0.1, 0.15) is 36.6 Å². The maximum atomic E-state index is 12.9. The molecule has 1 aromatic heterocycles. The lowest BCUT2D eigenvalue weighted by Crippen LogP contribution is -2.33. The molecule has 5 rings (SSSR count). The summed E-state index contributed by atoms with van der Waals surface area (Å²) in [5.74, 6) is -1.27. The van der Waals surface area contributed by atoms with E-state index in [9.17, 15) is 14.4 Å². The molecule has 0 bridgehead atoms. The summed E-state index contributed by atoms with van der Waals surface area (Å²) in [5, 5.41) is 13.2. The van der Waals surface area contributed by atoms with Gasteiger partial charge in [-0.3, -0.25) is 29.5 Å². The minimum Gasteiger partial charge on any atom is -0.380 e. The van der Waals surface area contributed by atoms with Crippen LogP contribution in [0, 0.1) is 0 Å². The highest BCUT2D eigenvalue weighted by Crippen LogP contribution is 2.24. The molecule has 0 fully saturated rings. The number of imide groups is 1. The Hall–Kier alpha value is -4.82. The van der Waals surface area contributed by atoms with Gasteiger partial charge >= 0.3 is 0 Å². The minimum atomic E-state index is -0.609. The van der Waals surface area contributed by atoms with Crippen LogP contribution in [0.15, 0.2) is 90.6 Å². The van der Waals surface area contributed by atoms with Gasteiger partial charge in [0, 0.05) is 17.5 Å². The molecule has 8 heteroatoms. The molecular formula is C28H22N4O4. The van der Waals surface area contributed by atoms with Crippen LogP contribution in [0.2, 0.25) is 0 Å². The number of hydrogen-bond donors (Lipinski definition) is 3. The molecule has 4 aromatic rings. The number of hydroxylamine groups is 1. The van der Waals surface area contributed by atoms with Crippen LogP contribution in [0.3, 0.4) is 0 Å². The lowest BCUT2D eigenvalue weighted by molar-refractivity contribution is 0.0666. The smallest absolute Gasteiger partial charge is 0.274 e. The summed E-state index contributed by atoms with van der Waals surface area (Å²) in [4.78, 5) is 43.2. The highest BCUT2D eigenvalue weighted by Gasteiger charge is 2.35. The van der Waals surface area contributed by atoms with Crippen molar-refractivity contribution in [1.82, 2.24) is 15.4 Å². The van der Waals surface area contributed by atoms with Gasteiger partial charge in [-0.15, -0.1) is 0 Å². The van der Waals surface area contributed by atoms with Gasteiger partial charge < -0.3 is 5.32 Å². The summed E-state index contributed by atoms with van der Waals surface area (Å²) in [6.07, 6.45) is 3.61. The third-order valence-electron chi connectivity index (χ3n) is 5.99. The third-order valence-corrected chi connectivity index (χ3v) is 5.99. The Balaban J connectivity index is 1.42. The number of hydrogen-bond acceptors (Lipinski definition) is 6. The summed E-state index contributed by atoms with van der Waals surface area (Å²) in [5.41, 5.74) is 5.94. The summed E-state index contributed by atoms with van der Waals surface area (Å²) >= 11 is 0. The van der Waals surface area contributed by atoms with Gasteiger partial charge in [-0.1, -0.05) is 48.5 Å². The second-order valence-electron chi connectivity index (χ2n) is 8.38. The van der Waals surface area contributed by atoms with Gasteiger partial charge in [0.05, 0.1) is 35.1 Å². The normalized spacial score (nSPS) is 13.1. The first-order chi connectivity index (χ1) is 17.5. The number of anilines is 1. The van der Waals surface area contributed by atoms with E-state index in [2.05, 4.69) is 10.3 Å². The number of para-hydroxylation sites is 1. The number of pyridine rings is 1. The van der Waals surface area contributed by atoms with Crippen molar-refractivity contribution in [1.29, 1.82) is 0 Å². The topological polar surface area (TPSA) is 112 Å². The van der Waals surface area contributed by atoms with E-state index in [-0.39, 0.29) is 18.4 Å². The number of carbonyl (C=O) groups is 3. The number of benzene rings is 3. The molecule has 0 radical (unpaired) electrons. The van der Waals surface area contributed by atoms with Crippen LogP contribution in [-0.2, 0) is 0 Å². The molecular weight excluding hydrogens is 456 g/mol. The fourth-order valence-corrected chi connectivity index (χ4v) is 4.15. The molecule has 2 heterocycles. The van der Waals surface area contributed by atoms with E-state index in [1.165, 1.54) is 4.90 Å². The van der Waals surface area contributed by atoms with Crippen LogP contribution < -0.4 is 10.8 Å². The lowest BCUT2D eigenvalue weighted by Gasteiger charge is -2.18. The second-order valence-corrected chi connectivity index (χ2v) is 8.38. The molecule has 3 amide bonds. The van der Waals surface area contributed by atoms with E-state index < -0.39 is 5.91 Å². The first kappa shape index (κ1) is 22.9. The van der Waals surface area contributed by atoms with Gasteiger partial charge in [-0.2, -0.15) is 0 Å². The molecule has 178 valence electrons. The van der Waals surface area contributed by atoms with Gasteiger partial charge in [0.2, 0.25) is 0 Å². The number of nitrogens with one attached hydrogen (secondary N) is 2. The summed E-state index contributed by atoms with van der Waals surface area (Å²) in [7, 11) is 0. The zero-order valence-electron chi connectivity index (χ0n) is 19.1. The summed E-state index contributed by atoms with van der Waals surface area (Å²) < 4.78 is 0. The monoisotopic (exact) mass is 478 g/mol. The van der Waals surface area contributed by atoms with Crippen molar-refractivity contribution in [2.45, 2.75) is 0 Å². The molecule has 36 heavy (non-hydrogen) atoms. The molecule has 1 aliphatic heterocycles. The van der Waals surface area contributed by atoms with Crippen LogP contribution in [0.5, 0.6) is 0 Å². The van der Waals surface area contributed by atoms with Crippen molar-refractivity contribution in [3.8, 4) is 0 Å². The fourth-order valence-electron chi connectivity index (χ4n) is 4.15. The Morgan fingerprint density at radius 3 is 2.28 bits per heavy atom. The van der Waals surface area contributed by atoms with Crippen molar-refractivity contribution < 1.29 is 19.6 Å². The molecule has 3 aromatic carbocycles. The van der Waals surface area contributed by atoms with Gasteiger partial charge in [0.15, 0.2) is 0 Å². The lowest BCUT2D eigenvalue weighted by atomic mass is 10.1. The number of rotatable bonds is 7. The maximum absolute atomic E-state index is 12.9. The molecule has 0 spiro atoms. The molecule has 1 aliphatic rings. The summed E-state index contributed by atoms with van der Waals surface area (Å²) in [6, 6.07) is 23.2. The first-order valence-corrected chi connectivity index (χ1v) is 11.3. The van der Waals surface area contributed by atoms with Crippen molar-refractivity contribution in [2.24, 2.45) is 0 Å². The Kier molecular flexibility index (Phi) is 6.25.